The largest absolute Gasteiger partial charge is 0.493 e. The van der Waals surface area contributed by atoms with E-state index in [0.717, 1.165) is 90.2 Å². The number of amides is 1. The topological polar surface area (TPSA) is 76.6 Å². The van der Waals surface area contributed by atoms with Crippen LogP contribution in [0.4, 0.5) is 5.82 Å². The summed E-state index contributed by atoms with van der Waals surface area (Å²) < 4.78 is 11.8. The van der Waals surface area contributed by atoms with E-state index < -0.39 is 0 Å². The van der Waals surface area contributed by atoms with E-state index in [1.807, 2.05) is 6.07 Å². The molecule has 186 valence electrons. The fraction of sp³-hybridized carbons (Fsp3) is 0.593. The van der Waals surface area contributed by atoms with Crippen molar-refractivity contribution in [3.8, 4) is 11.5 Å². The molecule has 7 rings (SSSR count). The van der Waals surface area contributed by atoms with Crippen LogP contribution in [-0.4, -0.2) is 41.5 Å². The molecule has 0 unspecified atom stereocenters. The molecular formula is C27H33BrN4O3. The van der Waals surface area contributed by atoms with E-state index in [4.69, 9.17) is 9.47 Å². The fourth-order valence-electron chi connectivity index (χ4n) is 7.60. The molecule has 2 aromatic rings. The highest BCUT2D eigenvalue weighted by Gasteiger charge is 2.54. The molecule has 0 saturated heterocycles. The summed E-state index contributed by atoms with van der Waals surface area (Å²) in [6.07, 6.45) is 9.61. The Morgan fingerprint density at radius 1 is 1.11 bits per heavy atom. The number of hydrogen-bond donors (Lipinski definition) is 1. The lowest BCUT2D eigenvalue weighted by Crippen LogP contribution is -2.52. The summed E-state index contributed by atoms with van der Waals surface area (Å²) >= 11 is 3.59. The van der Waals surface area contributed by atoms with Crippen LogP contribution in [0.2, 0.25) is 0 Å². The van der Waals surface area contributed by atoms with E-state index >= 15 is 0 Å². The molecule has 7 nitrogen and oxygen atoms in total. The van der Waals surface area contributed by atoms with Crippen molar-refractivity contribution >= 4 is 27.7 Å². The third-order valence-electron chi connectivity index (χ3n) is 8.74. The van der Waals surface area contributed by atoms with Crippen LogP contribution in [0.3, 0.4) is 0 Å². The standard InChI is InChI=1S/C27H33BrN4O3/c1-34-23-9-19(8-21(28)24(23)35-2)13-32-4-3-20-22(14-32)29-15-30-25(20)31-26(33)27-10-16-5-17(11-27)7-18(6-16)12-27/h8-9,15-18H,3-7,10-14H2,1-2H3,(H,29,30,31,33). The third-order valence-corrected chi connectivity index (χ3v) is 9.33. The highest BCUT2D eigenvalue weighted by molar-refractivity contribution is 9.10. The SMILES string of the molecule is COc1cc(CN2CCc3c(ncnc3NC(=O)C34CC5CC(CC(C5)C3)C4)C2)cc(Br)c1OC. The van der Waals surface area contributed by atoms with Crippen molar-refractivity contribution in [2.45, 2.75) is 58.0 Å². The first-order valence-corrected chi connectivity index (χ1v) is 13.5. The number of ether oxygens (including phenoxy) is 2. The number of halogens is 1. The molecule has 4 fully saturated rings. The number of hydrogen-bond acceptors (Lipinski definition) is 6. The summed E-state index contributed by atoms with van der Waals surface area (Å²) in [7, 11) is 3.30. The predicted octanol–water partition coefficient (Wildman–Crippen LogP) is 4.97. The van der Waals surface area contributed by atoms with Crippen molar-refractivity contribution in [2.24, 2.45) is 23.2 Å². The van der Waals surface area contributed by atoms with Gasteiger partial charge in [0.05, 0.1) is 29.8 Å². The zero-order valence-electron chi connectivity index (χ0n) is 20.5. The quantitative estimate of drug-likeness (QED) is 0.557. The number of nitrogens with zero attached hydrogens (tertiary/aromatic N) is 3. The van der Waals surface area contributed by atoms with Crippen LogP contribution in [0.15, 0.2) is 22.9 Å². The van der Waals surface area contributed by atoms with Gasteiger partial charge in [0.15, 0.2) is 11.5 Å². The molecule has 8 heteroatoms. The van der Waals surface area contributed by atoms with Crippen LogP contribution in [-0.2, 0) is 24.3 Å². The molecular weight excluding hydrogens is 508 g/mol. The van der Waals surface area contributed by atoms with Crippen LogP contribution in [0.1, 0.15) is 55.3 Å². The van der Waals surface area contributed by atoms with E-state index in [-0.39, 0.29) is 11.3 Å². The molecule has 1 N–H and O–H groups in total. The zero-order valence-corrected chi connectivity index (χ0v) is 22.1. The zero-order chi connectivity index (χ0) is 24.2. The number of aromatic nitrogens is 2. The van der Waals surface area contributed by atoms with Gasteiger partial charge in [-0.1, -0.05) is 0 Å². The van der Waals surface area contributed by atoms with Crippen LogP contribution in [0.5, 0.6) is 11.5 Å². The van der Waals surface area contributed by atoms with Gasteiger partial charge in [-0.15, -0.1) is 0 Å². The lowest BCUT2D eigenvalue weighted by atomic mass is 9.49. The minimum absolute atomic E-state index is 0.173. The smallest absolute Gasteiger partial charge is 0.231 e. The summed E-state index contributed by atoms with van der Waals surface area (Å²) in [6, 6.07) is 4.10. The second kappa shape index (κ2) is 9.04. The van der Waals surface area contributed by atoms with Crippen LogP contribution in [0.25, 0.3) is 0 Å². The molecule has 0 atom stereocenters. The van der Waals surface area contributed by atoms with Crippen LogP contribution >= 0.6 is 15.9 Å². The van der Waals surface area contributed by atoms with Gasteiger partial charge in [-0.3, -0.25) is 9.69 Å². The maximum absolute atomic E-state index is 13.6. The van der Waals surface area contributed by atoms with Gasteiger partial charge in [-0.2, -0.15) is 0 Å². The first-order valence-electron chi connectivity index (χ1n) is 12.7. The summed E-state index contributed by atoms with van der Waals surface area (Å²) in [4.78, 5) is 25.1. The van der Waals surface area contributed by atoms with Gasteiger partial charge in [0.2, 0.25) is 5.91 Å². The first kappa shape index (κ1) is 23.2. The lowest BCUT2D eigenvalue weighted by molar-refractivity contribution is -0.140. The Balaban J connectivity index is 1.17. The Morgan fingerprint density at radius 3 is 2.49 bits per heavy atom. The van der Waals surface area contributed by atoms with Crippen molar-refractivity contribution < 1.29 is 14.3 Å². The molecule has 5 aliphatic rings. The number of carbonyl (C=O) groups is 1. The van der Waals surface area contributed by atoms with Crippen LogP contribution in [0, 0.1) is 23.2 Å². The number of nitrogens with one attached hydrogen (secondary N) is 1. The van der Waals surface area contributed by atoms with Crippen molar-refractivity contribution in [3.63, 3.8) is 0 Å². The molecule has 1 aromatic heterocycles. The third kappa shape index (κ3) is 4.22. The molecule has 1 amide bonds. The van der Waals surface area contributed by atoms with Crippen molar-refractivity contribution in [1.82, 2.24) is 14.9 Å². The highest BCUT2D eigenvalue weighted by Crippen LogP contribution is 2.60. The summed E-state index contributed by atoms with van der Waals surface area (Å²) in [5, 5.41) is 3.28. The minimum Gasteiger partial charge on any atom is -0.493 e. The van der Waals surface area contributed by atoms with Crippen molar-refractivity contribution in [3.05, 3.63) is 39.8 Å². The normalized spacial score (nSPS) is 29.1. The summed E-state index contributed by atoms with van der Waals surface area (Å²) in [5.74, 6) is 4.59. The van der Waals surface area contributed by atoms with Crippen molar-refractivity contribution in [2.75, 3.05) is 26.1 Å². The van der Waals surface area contributed by atoms with E-state index in [2.05, 4.69) is 42.2 Å². The number of carbonyl (C=O) groups excluding carboxylic acids is 1. The lowest BCUT2D eigenvalue weighted by Gasteiger charge is -2.55. The molecule has 35 heavy (non-hydrogen) atoms. The Kier molecular flexibility index (Phi) is 6.00. The second-order valence-electron chi connectivity index (χ2n) is 11.1. The summed E-state index contributed by atoms with van der Waals surface area (Å²) in [6.45, 7) is 2.38. The predicted molar refractivity (Wildman–Crippen MR) is 136 cm³/mol. The molecule has 4 saturated carbocycles. The highest BCUT2D eigenvalue weighted by atomic mass is 79.9. The van der Waals surface area contributed by atoms with Crippen molar-refractivity contribution in [1.29, 1.82) is 0 Å². The van der Waals surface area contributed by atoms with Gasteiger partial charge in [-0.25, -0.2) is 9.97 Å². The van der Waals surface area contributed by atoms with Gasteiger partial charge in [0, 0.05) is 25.2 Å². The average molecular weight is 541 g/mol. The Bertz CT molecular complexity index is 1120. The minimum atomic E-state index is -0.173. The van der Waals surface area contributed by atoms with Gasteiger partial charge >= 0.3 is 0 Å². The Hall–Kier alpha value is -2.19. The fourth-order valence-corrected chi connectivity index (χ4v) is 8.25. The van der Waals surface area contributed by atoms with Gasteiger partial charge in [-0.05, 0) is 96.3 Å². The van der Waals surface area contributed by atoms with E-state index in [0.29, 0.717) is 11.5 Å². The number of anilines is 1. The molecule has 0 spiro atoms. The Labute approximate surface area is 215 Å². The molecule has 0 radical (unpaired) electrons. The first-order chi connectivity index (χ1) is 17.0. The van der Waals surface area contributed by atoms with Gasteiger partial charge in [0.25, 0.3) is 0 Å². The van der Waals surface area contributed by atoms with Gasteiger partial charge in [0.1, 0.15) is 12.1 Å². The molecule has 1 aromatic carbocycles. The van der Waals surface area contributed by atoms with E-state index in [1.165, 1.54) is 19.3 Å². The molecule has 1 aliphatic heterocycles. The maximum Gasteiger partial charge on any atom is 0.231 e. The molecule has 4 bridgehead atoms. The Morgan fingerprint density at radius 2 is 1.83 bits per heavy atom. The monoisotopic (exact) mass is 540 g/mol. The van der Waals surface area contributed by atoms with E-state index in [1.54, 1.807) is 20.5 Å². The maximum atomic E-state index is 13.6. The number of methoxy groups -OCH3 is 2. The number of rotatable bonds is 6. The summed E-state index contributed by atoms with van der Waals surface area (Å²) in [5.41, 5.74) is 3.07. The van der Waals surface area contributed by atoms with Crippen LogP contribution < -0.4 is 14.8 Å². The van der Waals surface area contributed by atoms with Gasteiger partial charge < -0.3 is 14.8 Å². The number of fused-ring (bicyclic) bond motifs is 1. The molecule has 2 heterocycles. The average Bonchev–Trinajstić information content (AvgIpc) is 2.83. The second-order valence-corrected chi connectivity index (χ2v) is 11.9. The number of benzene rings is 1. The van der Waals surface area contributed by atoms with E-state index in [9.17, 15) is 4.79 Å². The molecule has 4 aliphatic carbocycles.